The summed E-state index contributed by atoms with van der Waals surface area (Å²) in [7, 11) is 0. The molecule has 21 heavy (non-hydrogen) atoms. The highest BCUT2D eigenvalue weighted by molar-refractivity contribution is 5.96. The Labute approximate surface area is 125 Å². The Morgan fingerprint density at radius 2 is 2.00 bits per heavy atom. The van der Waals surface area contributed by atoms with Crippen LogP contribution in [0.3, 0.4) is 0 Å². The molecule has 1 saturated heterocycles. The highest BCUT2D eigenvalue weighted by atomic mass is 16.2. The Hall–Kier alpha value is -1.72. The van der Waals surface area contributed by atoms with Gasteiger partial charge in [-0.15, -0.1) is 0 Å². The van der Waals surface area contributed by atoms with Crippen molar-refractivity contribution in [2.75, 3.05) is 26.2 Å². The average Bonchev–Trinajstić information content (AvgIpc) is 2.48. The van der Waals surface area contributed by atoms with E-state index in [1.165, 1.54) is 0 Å². The van der Waals surface area contributed by atoms with Gasteiger partial charge in [0, 0.05) is 6.54 Å². The van der Waals surface area contributed by atoms with Gasteiger partial charge in [-0.25, -0.2) is 0 Å². The predicted molar refractivity (Wildman–Crippen MR) is 81.5 cm³/mol. The average molecular weight is 289 g/mol. The van der Waals surface area contributed by atoms with E-state index in [1.54, 1.807) is 0 Å². The van der Waals surface area contributed by atoms with Crippen LogP contribution in [-0.4, -0.2) is 42.9 Å². The standard InChI is InChI=1S/C16H23N3O2/c17-10-14-7-4-8-19(11-14)12-16(21)18-15(20)9-13-5-2-1-3-6-13/h1-3,5-6,14H,4,7-12,17H2,(H,18,20,21). The van der Waals surface area contributed by atoms with Gasteiger partial charge in [-0.3, -0.25) is 19.8 Å². The SMILES string of the molecule is NCC1CCCN(CC(=O)NC(=O)Cc2ccccc2)C1. The number of rotatable bonds is 5. The Morgan fingerprint density at radius 1 is 1.24 bits per heavy atom. The molecule has 2 rings (SSSR count). The molecule has 1 heterocycles. The van der Waals surface area contributed by atoms with Crippen molar-refractivity contribution in [2.45, 2.75) is 19.3 Å². The van der Waals surface area contributed by atoms with Gasteiger partial charge in [-0.2, -0.15) is 0 Å². The molecular weight excluding hydrogens is 266 g/mol. The minimum Gasteiger partial charge on any atom is -0.330 e. The lowest BCUT2D eigenvalue weighted by Crippen LogP contribution is -2.45. The lowest BCUT2D eigenvalue weighted by Gasteiger charge is -2.31. The summed E-state index contributed by atoms with van der Waals surface area (Å²) in [4.78, 5) is 25.8. The largest absolute Gasteiger partial charge is 0.330 e. The van der Waals surface area contributed by atoms with E-state index >= 15 is 0 Å². The highest BCUT2D eigenvalue weighted by Crippen LogP contribution is 2.14. The second-order valence-electron chi connectivity index (χ2n) is 5.61. The maximum Gasteiger partial charge on any atom is 0.240 e. The zero-order chi connectivity index (χ0) is 15.1. The Kier molecular flexibility index (Phi) is 5.90. The number of hydrogen-bond acceptors (Lipinski definition) is 4. The molecule has 1 aliphatic rings. The molecule has 0 aliphatic carbocycles. The first kappa shape index (κ1) is 15.7. The summed E-state index contributed by atoms with van der Waals surface area (Å²) in [5.41, 5.74) is 6.59. The van der Waals surface area contributed by atoms with Gasteiger partial charge in [0.15, 0.2) is 0 Å². The molecule has 5 heteroatoms. The molecule has 0 spiro atoms. The van der Waals surface area contributed by atoms with Crippen molar-refractivity contribution >= 4 is 11.8 Å². The Balaban J connectivity index is 1.75. The van der Waals surface area contributed by atoms with E-state index in [1.807, 2.05) is 30.3 Å². The second kappa shape index (κ2) is 7.90. The maximum absolute atomic E-state index is 11.9. The van der Waals surface area contributed by atoms with Crippen molar-refractivity contribution in [3.05, 3.63) is 35.9 Å². The molecule has 0 bridgehead atoms. The summed E-state index contributed by atoms with van der Waals surface area (Å²) in [6, 6.07) is 9.41. The molecule has 3 N–H and O–H groups in total. The molecule has 1 aromatic rings. The van der Waals surface area contributed by atoms with Crippen LogP contribution in [0, 0.1) is 5.92 Å². The second-order valence-corrected chi connectivity index (χ2v) is 5.61. The van der Waals surface area contributed by atoms with Crippen molar-refractivity contribution in [1.29, 1.82) is 0 Å². The fourth-order valence-electron chi connectivity index (χ4n) is 2.71. The Bertz CT molecular complexity index is 476. The number of likely N-dealkylation sites (tertiary alicyclic amines) is 1. The van der Waals surface area contributed by atoms with E-state index in [0.29, 0.717) is 12.5 Å². The van der Waals surface area contributed by atoms with Crippen molar-refractivity contribution in [2.24, 2.45) is 11.7 Å². The number of carbonyl (C=O) groups is 2. The van der Waals surface area contributed by atoms with Gasteiger partial charge >= 0.3 is 0 Å². The van der Waals surface area contributed by atoms with Crippen LogP contribution >= 0.6 is 0 Å². The number of amides is 2. The summed E-state index contributed by atoms with van der Waals surface area (Å²) in [5, 5.41) is 2.46. The van der Waals surface area contributed by atoms with Gasteiger partial charge in [0.1, 0.15) is 0 Å². The third-order valence-corrected chi connectivity index (χ3v) is 3.79. The third kappa shape index (κ3) is 5.28. The number of nitrogens with one attached hydrogen (secondary N) is 1. The van der Waals surface area contributed by atoms with Crippen LogP contribution in [0.4, 0.5) is 0 Å². The quantitative estimate of drug-likeness (QED) is 0.830. The predicted octanol–water partition coefficient (Wildman–Crippen LogP) is 0.543. The van der Waals surface area contributed by atoms with E-state index in [0.717, 1.165) is 31.5 Å². The summed E-state index contributed by atoms with van der Waals surface area (Å²) >= 11 is 0. The normalized spacial score (nSPS) is 19.2. The minimum atomic E-state index is -0.251. The number of benzene rings is 1. The molecule has 1 aromatic carbocycles. The van der Waals surface area contributed by atoms with Gasteiger partial charge in [0.2, 0.25) is 11.8 Å². The van der Waals surface area contributed by atoms with E-state index < -0.39 is 0 Å². The summed E-state index contributed by atoms with van der Waals surface area (Å²) in [5.74, 6) is -0.0150. The lowest BCUT2D eigenvalue weighted by atomic mass is 9.98. The molecule has 1 unspecified atom stereocenters. The van der Waals surface area contributed by atoms with Gasteiger partial charge in [-0.05, 0) is 37.4 Å². The third-order valence-electron chi connectivity index (χ3n) is 3.79. The molecule has 1 atom stereocenters. The van der Waals surface area contributed by atoms with Crippen LogP contribution in [0.5, 0.6) is 0 Å². The zero-order valence-electron chi connectivity index (χ0n) is 12.3. The maximum atomic E-state index is 11.9. The first-order valence-corrected chi connectivity index (χ1v) is 7.46. The van der Waals surface area contributed by atoms with E-state index in [2.05, 4.69) is 10.2 Å². The molecule has 1 aliphatic heterocycles. The number of carbonyl (C=O) groups excluding carboxylic acids is 2. The number of imide groups is 1. The van der Waals surface area contributed by atoms with Crippen LogP contribution in [0.1, 0.15) is 18.4 Å². The van der Waals surface area contributed by atoms with Crippen molar-refractivity contribution < 1.29 is 9.59 Å². The molecule has 0 aromatic heterocycles. The van der Waals surface area contributed by atoms with Crippen LogP contribution < -0.4 is 11.1 Å². The van der Waals surface area contributed by atoms with Gasteiger partial charge in [0.05, 0.1) is 13.0 Å². The van der Waals surface area contributed by atoms with E-state index in [9.17, 15) is 9.59 Å². The fraction of sp³-hybridized carbons (Fsp3) is 0.500. The van der Waals surface area contributed by atoms with Gasteiger partial charge in [-0.1, -0.05) is 30.3 Å². The lowest BCUT2D eigenvalue weighted by molar-refractivity contribution is -0.130. The van der Waals surface area contributed by atoms with Crippen molar-refractivity contribution in [1.82, 2.24) is 10.2 Å². The first-order chi connectivity index (χ1) is 10.2. The molecule has 0 saturated carbocycles. The van der Waals surface area contributed by atoms with Gasteiger partial charge < -0.3 is 5.73 Å². The molecule has 5 nitrogen and oxygen atoms in total. The minimum absolute atomic E-state index is 0.228. The fourth-order valence-corrected chi connectivity index (χ4v) is 2.71. The smallest absolute Gasteiger partial charge is 0.240 e. The number of hydrogen-bond donors (Lipinski definition) is 2. The van der Waals surface area contributed by atoms with Crippen LogP contribution in [0.2, 0.25) is 0 Å². The molecule has 0 radical (unpaired) electrons. The monoisotopic (exact) mass is 289 g/mol. The van der Waals surface area contributed by atoms with Crippen molar-refractivity contribution in [3.63, 3.8) is 0 Å². The summed E-state index contributed by atoms with van der Waals surface area (Å²) in [6.45, 7) is 2.68. The van der Waals surface area contributed by atoms with Gasteiger partial charge in [0.25, 0.3) is 0 Å². The van der Waals surface area contributed by atoms with Crippen molar-refractivity contribution in [3.8, 4) is 0 Å². The van der Waals surface area contributed by atoms with Crippen LogP contribution in [-0.2, 0) is 16.0 Å². The molecule has 2 amide bonds. The summed E-state index contributed by atoms with van der Waals surface area (Å²) < 4.78 is 0. The highest BCUT2D eigenvalue weighted by Gasteiger charge is 2.21. The van der Waals surface area contributed by atoms with E-state index in [-0.39, 0.29) is 24.8 Å². The molecular formula is C16H23N3O2. The van der Waals surface area contributed by atoms with E-state index in [4.69, 9.17) is 5.73 Å². The topological polar surface area (TPSA) is 75.4 Å². The van der Waals surface area contributed by atoms with Crippen LogP contribution in [0.25, 0.3) is 0 Å². The number of piperidine rings is 1. The number of nitrogens with zero attached hydrogens (tertiary/aromatic N) is 1. The first-order valence-electron chi connectivity index (χ1n) is 7.46. The van der Waals surface area contributed by atoms with Crippen LogP contribution in [0.15, 0.2) is 30.3 Å². The Morgan fingerprint density at radius 3 is 2.71 bits per heavy atom. The molecule has 114 valence electrons. The molecule has 1 fully saturated rings. The summed E-state index contributed by atoms with van der Waals surface area (Å²) in [6.07, 6.45) is 2.42. The number of nitrogens with two attached hydrogens (primary N) is 1. The zero-order valence-corrected chi connectivity index (χ0v) is 12.3.